The van der Waals surface area contributed by atoms with E-state index in [1.165, 1.54) is 12.1 Å². The van der Waals surface area contributed by atoms with Gasteiger partial charge >= 0.3 is 6.18 Å². The Morgan fingerprint density at radius 2 is 1.68 bits per heavy atom. The van der Waals surface area contributed by atoms with Gasteiger partial charge in [0.05, 0.1) is 24.0 Å². The van der Waals surface area contributed by atoms with Crippen LogP contribution in [-0.2, 0) is 12.7 Å². The van der Waals surface area contributed by atoms with Crippen LogP contribution in [0.4, 0.5) is 13.2 Å². The number of fused-ring (bicyclic) bond motifs is 1. The predicted molar refractivity (Wildman–Crippen MR) is 111 cm³/mol. The van der Waals surface area contributed by atoms with Gasteiger partial charge in [0.2, 0.25) is 11.2 Å². The van der Waals surface area contributed by atoms with Gasteiger partial charge in [-0.1, -0.05) is 6.07 Å². The molecule has 0 bridgehead atoms. The second-order valence-electron chi connectivity index (χ2n) is 7.59. The average molecular weight is 436 g/mol. The first-order valence-electron chi connectivity index (χ1n) is 10.0. The number of hydrogen-bond donors (Lipinski definition) is 2. The van der Waals surface area contributed by atoms with Crippen molar-refractivity contribution in [1.29, 1.82) is 0 Å². The number of aromatic hydroxyl groups is 1. The van der Waals surface area contributed by atoms with Gasteiger partial charge in [0, 0.05) is 0 Å². The lowest BCUT2D eigenvalue weighted by Gasteiger charge is -2.18. The van der Waals surface area contributed by atoms with Crippen molar-refractivity contribution in [3.05, 3.63) is 63.0 Å². The Morgan fingerprint density at radius 1 is 1.06 bits per heavy atom. The summed E-state index contributed by atoms with van der Waals surface area (Å²) in [6, 6.07) is 7.48. The first-order chi connectivity index (χ1) is 14.5. The predicted octanol–water partition coefficient (Wildman–Crippen LogP) is 4.35. The van der Waals surface area contributed by atoms with Crippen LogP contribution in [0.5, 0.6) is 17.2 Å². The second kappa shape index (κ2) is 8.63. The van der Waals surface area contributed by atoms with E-state index >= 15 is 0 Å². The summed E-state index contributed by atoms with van der Waals surface area (Å²) in [5.41, 5.74) is 0.510. The van der Waals surface area contributed by atoms with Gasteiger partial charge in [0.25, 0.3) is 5.76 Å². The smallest absolute Gasteiger partial charge is 0.453 e. The fourth-order valence-electron chi connectivity index (χ4n) is 3.60. The van der Waals surface area contributed by atoms with Crippen LogP contribution in [0.25, 0.3) is 11.0 Å². The number of phenolic OH excluding ortho intramolecular Hbond substituents is 1. The van der Waals surface area contributed by atoms with E-state index in [0.29, 0.717) is 13.1 Å². The Bertz CT molecular complexity index is 1140. The number of benzene rings is 2. The molecule has 3 rings (SSSR count). The summed E-state index contributed by atoms with van der Waals surface area (Å²) in [4.78, 5) is 14.1. The SMILES string of the molecule is CC[NH+](CC)Cc1c(O)ccc2c(=O)c(Oc3cc(C)cc(C)c3)c(C(F)(F)F)oc12. The topological polar surface area (TPSA) is 64.1 Å². The number of halogens is 3. The molecule has 0 unspecified atom stereocenters. The fraction of sp³-hybridized carbons (Fsp3) is 0.348. The summed E-state index contributed by atoms with van der Waals surface area (Å²) in [6.45, 7) is 9.00. The van der Waals surface area contributed by atoms with Gasteiger partial charge in [0.15, 0.2) is 5.58 Å². The minimum Gasteiger partial charge on any atom is -0.507 e. The zero-order chi connectivity index (χ0) is 22.9. The minimum absolute atomic E-state index is 0.0771. The third kappa shape index (κ3) is 4.69. The van der Waals surface area contributed by atoms with Gasteiger partial charge in [-0.25, -0.2) is 0 Å². The molecule has 31 heavy (non-hydrogen) atoms. The van der Waals surface area contributed by atoms with Crippen molar-refractivity contribution in [2.75, 3.05) is 13.1 Å². The lowest BCUT2D eigenvalue weighted by molar-refractivity contribution is -0.910. The molecule has 166 valence electrons. The lowest BCUT2D eigenvalue weighted by Crippen LogP contribution is -3.10. The van der Waals surface area contributed by atoms with Crippen LogP contribution in [-0.4, -0.2) is 18.2 Å². The molecule has 1 heterocycles. The maximum absolute atomic E-state index is 13.9. The summed E-state index contributed by atoms with van der Waals surface area (Å²) in [6.07, 6.45) is -4.97. The van der Waals surface area contributed by atoms with E-state index in [1.807, 2.05) is 19.9 Å². The molecule has 0 fully saturated rings. The molecule has 2 aromatic carbocycles. The fourth-order valence-corrected chi connectivity index (χ4v) is 3.60. The number of rotatable bonds is 6. The van der Waals surface area contributed by atoms with Crippen LogP contribution in [0, 0.1) is 13.8 Å². The first kappa shape index (κ1) is 22.7. The molecule has 0 atom stereocenters. The van der Waals surface area contributed by atoms with Crippen molar-refractivity contribution in [2.45, 2.75) is 40.4 Å². The lowest BCUT2D eigenvalue weighted by atomic mass is 10.1. The van der Waals surface area contributed by atoms with Crippen LogP contribution in [0.2, 0.25) is 0 Å². The van der Waals surface area contributed by atoms with Crippen molar-refractivity contribution >= 4 is 11.0 Å². The molecule has 0 saturated heterocycles. The van der Waals surface area contributed by atoms with Crippen LogP contribution in [0.1, 0.15) is 36.3 Å². The van der Waals surface area contributed by atoms with Gasteiger partial charge in [-0.05, 0) is 63.1 Å². The van der Waals surface area contributed by atoms with Gasteiger partial charge in [-0.3, -0.25) is 4.79 Å². The van der Waals surface area contributed by atoms with Gasteiger partial charge in [-0.2, -0.15) is 13.2 Å². The zero-order valence-corrected chi connectivity index (χ0v) is 17.8. The van der Waals surface area contributed by atoms with E-state index < -0.39 is 23.1 Å². The van der Waals surface area contributed by atoms with E-state index in [0.717, 1.165) is 16.0 Å². The van der Waals surface area contributed by atoms with E-state index in [1.54, 1.807) is 26.0 Å². The molecule has 2 N–H and O–H groups in total. The molecule has 0 aliphatic heterocycles. The average Bonchev–Trinajstić information content (AvgIpc) is 2.67. The number of quaternary nitrogens is 1. The summed E-state index contributed by atoms with van der Waals surface area (Å²) in [5, 5.41) is 10.2. The number of phenols is 1. The number of aryl methyl sites for hydroxylation is 2. The maximum atomic E-state index is 13.9. The highest BCUT2D eigenvalue weighted by atomic mass is 19.4. The summed E-state index contributed by atoms with van der Waals surface area (Å²) >= 11 is 0. The molecule has 0 saturated carbocycles. The van der Waals surface area contributed by atoms with Crippen LogP contribution >= 0.6 is 0 Å². The largest absolute Gasteiger partial charge is 0.507 e. The molecular weight excluding hydrogens is 411 g/mol. The highest BCUT2D eigenvalue weighted by molar-refractivity contribution is 5.83. The highest BCUT2D eigenvalue weighted by Crippen LogP contribution is 2.39. The molecule has 1 aromatic heterocycles. The van der Waals surface area contributed by atoms with Crippen LogP contribution in [0.3, 0.4) is 0 Å². The molecular formula is C23H25F3NO4+. The van der Waals surface area contributed by atoms with Crippen molar-refractivity contribution in [3.8, 4) is 17.2 Å². The Labute approximate surface area is 177 Å². The molecule has 5 nitrogen and oxygen atoms in total. The Hall–Kier alpha value is -3.00. The van der Waals surface area contributed by atoms with Crippen LogP contribution in [0.15, 0.2) is 39.5 Å². The minimum atomic E-state index is -4.97. The molecule has 0 spiro atoms. The van der Waals surface area contributed by atoms with Crippen molar-refractivity contribution < 1.29 is 32.3 Å². The highest BCUT2D eigenvalue weighted by Gasteiger charge is 2.41. The maximum Gasteiger partial charge on any atom is 0.453 e. The van der Waals surface area contributed by atoms with E-state index in [4.69, 9.17) is 9.15 Å². The quantitative estimate of drug-likeness (QED) is 0.603. The molecule has 0 aliphatic carbocycles. The Kier molecular flexibility index (Phi) is 6.31. The van der Waals surface area contributed by atoms with Gasteiger partial charge < -0.3 is 19.2 Å². The van der Waals surface area contributed by atoms with Crippen LogP contribution < -0.4 is 15.1 Å². The number of ether oxygens (including phenoxy) is 1. The van der Waals surface area contributed by atoms with Gasteiger partial charge in [-0.15, -0.1) is 0 Å². The standard InChI is InChI=1S/C23H24F3NO4/c1-5-27(6-2)12-17-18(28)8-7-16-19(29)21(22(23(24,25)26)31-20(16)17)30-15-10-13(3)9-14(4)11-15/h7-11,28H,5-6,12H2,1-4H3/p+1. The van der Waals surface area contributed by atoms with Crippen molar-refractivity contribution in [3.63, 3.8) is 0 Å². The molecule has 0 aliphatic rings. The molecule has 8 heteroatoms. The van der Waals surface area contributed by atoms with E-state index in [2.05, 4.69) is 0 Å². The number of hydrogen-bond acceptors (Lipinski definition) is 4. The van der Waals surface area contributed by atoms with Crippen molar-refractivity contribution in [2.24, 2.45) is 0 Å². The van der Waals surface area contributed by atoms with E-state index in [-0.39, 0.29) is 34.6 Å². The number of nitrogens with one attached hydrogen (secondary N) is 1. The summed E-state index contributed by atoms with van der Waals surface area (Å²) in [5.74, 6) is -2.55. The molecule has 0 amide bonds. The summed E-state index contributed by atoms with van der Waals surface area (Å²) in [7, 11) is 0. The second-order valence-corrected chi connectivity index (χ2v) is 7.59. The molecule has 3 aromatic rings. The van der Waals surface area contributed by atoms with Gasteiger partial charge in [0.1, 0.15) is 18.0 Å². The Morgan fingerprint density at radius 3 is 2.23 bits per heavy atom. The zero-order valence-electron chi connectivity index (χ0n) is 17.8. The van der Waals surface area contributed by atoms with Crippen molar-refractivity contribution in [1.82, 2.24) is 0 Å². The monoisotopic (exact) mass is 436 g/mol. The van der Waals surface area contributed by atoms with E-state index in [9.17, 15) is 23.1 Å². The first-order valence-corrected chi connectivity index (χ1v) is 10.0. The third-order valence-corrected chi connectivity index (χ3v) is 5.20. The third-order valence-electron chi connectivity index (χ3n) is 5.20. The summed E-state index contributed by atoms with van der Waals surface area (Å²) < 4.78 is 52.3. The molecule has 0 radical (unpaired) electrons. The number of alkyl halides is 3. The normalized spacial score (nSPS) is 12.0. The Balaban J connectivity index is 2.27.